The van der Waals surface area contributed by atoms with Crippen LogP contribution in [0.2, 0.25) is 0 Å². The van der Waals surface area contributed by atoms with Crippen molar-refractivity contribution in [1.29, 1.82) is 0 Å². The van der Waals surface area contributed by atoms with Crippen LogP contribution in [-0.4, -0.2) is 0 Å². The van der Waals surface area contributed by atoms with Crippen molar-refractivity contribution in [2.24, 2.45) is 0 Å². The zero-order valence-electron chi connectivity index (χ0n) is 5.81. The molecule has 0 saturated heterocycles. The molecule has 0 aliphatic heterocycles. The van der Waals surface area contributed by atoms with Crippen LogP contribution in [0.1, 0.15) is 0 Å². The van der Waals surface area contributed by atoms with Crippen molar-refractivity contribution in [3.05, 3.63) is 30.3 Å². The lowest BCUT2D eigenvalue weighted by Crippen LogP contribution is -1.86. The summed E-state index contributed by atoms with van der Waals surface area (Å²) in [5.74, 6) is -0.0546. The van der Waals surface area contributed by atoms with Crippen molar-refractivity contribution in [1.82, 2.24) is 0 Å². The summed E-state index contributed by atoms with van der Waals surface area (Å²) in [4.78, 5) is 0. The number of hydrogen-bond donors (Lipinski definition) is 0. The van der Waals surface area contributed by atoms with E-state index in [0.717, 1.165) is 0 Å². The third-order valence-electron chi connectivity index (χ3n) is 1.04. The van der Waals surface area contributed by atoms with Crippen LogP contribution in [0.4, 0.5) is 8.72 Å². The van der Waals surface area contributed by atoms with E-state index in [4.69, 9.17) is 0 Å². The Balaban J connectivity index is 2.71. The third-order valence-corrected chi connectivity index (χ3v) is 1.63. The average molecular weight is 194 g/mol. The molecular weight excluding hydrogens is 189 g/mol. The largest absolute Gasteiger partial charge is 0.601 e. The van der Waals surface area contributed by atoms with Crippen LogP contribution in [0, 0.1) is 0 Å². The number of hydrogen-bond acceptors (Lipinski definition) is 3. The Morgan fingerprint density at radius 1 is 1.25 bits per heavy atom. The fourth-order valence-electron chi connectivity index (χ4n) is 0.621. The fraction of sp³-hybridized carbons (Fsp3) is 0. The molecule has 1 rings (SSSR count). The smallest absolute Gasteiger partial charge is 0.399 e. The molecule has 3 nitrogen and oxygen atoms in total. The van der Waals surface area contributed by atoms with E-state index in [9.17, 15) is 13.3 Å². The summed E-state index contributed by atoms with van der Waals surface area (Å²) in [6.07, 6.45) is 0. The quantitative estimate of drug-likeness (QED) is 0.693. The van der Waals surface area contributed by atoms with Gasteiger partial charge < -0.3 is 4.52 Å². The molecule has 66 valence electrons. The van der Waals surface area contributed by atoms with Crippen LogP contribution in [0.5, 0.6) is 5.75 Å². The molecule has 0 N–H and O–H groups in total. The first kappa shape index (κ1) is 9.16. The lowest BCUT2D eigenvalue weighted by Gasteiger charge is -2.04. The zero-order chi connectivity index (χ0) is 9.03. The van der Waals surface area contributed by atoms with Crippen LogP contribution < -0.4 is 4.52 Å². The molecular formula is C6H5F2O3P. The fourth-order valence-corrected chi connectivity index (χ4v) is 1.02. The van der Waals surface area contributed by atoms with Gasteiger partial charge in [0.25, 0.3) is 0 Å². The van der Waals surface area contributed by atoms with Crippen molar-refractivity contribution in [2.75, 3.05) is 0 Å². The molecule has 0 bridgehead atoms. The SMILES string of the molecule is O=P(F)(OF)Oc1ccccc1. The van der Waals surface area contributed by atoms with Gasteiger partial charge in [-0.2, -0.15) is 0 Å². The molecule has 1 aromatic carbocycles. The molecule has 0 fully saturated rings. The Bertz CT molecular complexity index is 290. The molecule has 1 unspecified atom stereocenters. The van der Waals surface area contributed by atoms with Crippen LogP contribution in [-0.2, 0) is 9.29 Å². The predicted octanol–water partition coefficient (Wildman–Crippen LogP) is 3.04. The molecule has 0 saturated carbocycles. The summed E-state index contributed by atoms with van der Waals surface area (Å²) < 4.78 is 40.3. The van der Waals surface area contributed by atoms with Gasteiger partial charge in [-0.15, -0.1) is 4.20 Å². The van der Waals surface area contributed by atoms with E-state index in [2.05, 4.69) is 9.25 Å². The van der Waals surface area contributed by atoms with Crippen LogP contribution in [0.25, 0.3) is 0 Å². The molecule has 0 aliphatic carbocycles. The van der Waals surface area contributed by atoms with Crippen molar-refractivity contribution in [3.63, 3.8) is 0 Å². The molecule has 0 radical (unpaired) electrons. The minimum Gasteiger partial charge on any atom is -0.399 e. The lowest BCUT2D eigenvalue weighted by molar-refractivity contribution is -0.0280. The first-order chi connectivity index (χ1) is 5.64. The van der Waals surface area contributed by atoms with E-state index < -0.39 is 7.91 Å². The van der Waals surface area contributed by atoms with Gasteiger partial charge in [-0.25, -0.2) is 4.57 Å². The highest BCUT2D eigenvalue weighted by atomic mass is 31.2. The van der Waals surface area contributed by atoms with E-state index >= 15 is 0 Å². The summed E-state index contributed by atoms with van der Waals surface area (Å²) in [6, 6.07) is 7.34. The van der Waals surface area contributed by atoms with E-state index in [-0.39, 0.29) is 5.75 Å². The first-order valence-corrected chi connectivity index (χ1v) is 4.42. The van der Waals surface area contributed by atoms with Gasteiger partial charge in [-0.05, 0) is 16.7 Å². The molecule has 0 spiro atoms. The molecule has 0 heterocycles. The second kappa shape index (κ2) is 3.65. The predicted molar refractivity (Wildman–Crippen MR) is 38.0 cm³/mol. The van der Waals surface area contributed by atoms with Gasteiger partial charge in [-0.3, -0.25) is 0 Å². The molecule has 0 aliphatic rings. The number of rotatable bonds is 3. The van der Waals surface area contributed by atoms with Gasteiger partial charge in [0.15, 0.2) is 0 Å². The van der Waals surface area contributed by atoms with E-state index in [0.29, 0.717) is 0 Å². The Morgan fingerprint density at radius 3 is 2.33 bits per heavy atom. The second-order valence-electron chi connectivity index (χ2n) is 1.90. The minimum absolute atomic E-state index is 0.0546. The minimum atomic E-state index is -5.06. The maximum atomic E-state index is 12.2. The van der Waals surface area contributed by atoms with Gasteiger partial charge >= 0.3 is 7.91 Å². The Kier molecular flexibility index (Phi) is 2.78. The standard InChI is InChI=1S/C6H5F2O3P/c7-11-12(8,9)10-6-4-2-1-3-5-6/h1-5H. The Hall–Kier alpha value is -0.930. The summed E-state index contributed by atoms with van der Waals surface area (Å²) in [7, 11) is -5.06. The highest BCUT2D eigenvalue weighted by Gasteiger charge is 2.27. The summed E-state index contributed by atoms with van der Waals surface area (Å²) in [5.41, 5.74) is 0. The normalized spacial score (nSPS) is 15.2. The number of benzene rings is 1. The van der Waals surface area contributed by atoms with Crippen molar-refractivity contribution >= 4 is 7.91 Å². The van der Waals surface area contributed by atoms with Gasteiger partial charge in [0, 0.05) is 0 Å². The maximum Gasteiger partial charge on any atom is 0.601 e. The Morgan fingerprint density at radius 2 is 1.83 bits per heavy atom. The van der Waals surface area contributed by atoms with Gasteiger partial charge in [0.2, 0.25) is 0 Å². The molecule has 1 atom stereocenters. The molecule has 12 heavy (non-hydrogen) atoms. The number of para-hydroxylation sites is 1. The third kappa shape index (κ3) is 2.60. The molecule has 1 aromatic rings. The monoisotopic (exact) mass is 194 g/mol. The highest BCUT2D eigenvalue weighted by Crippen LogP contribution is 2.49. The molecule has 6 heteroatoms. The number of halogens is 2. The van der Waals surface area contributed by atoms with Gasteiger partial charge in [0.1, 0.15) is 5.75 Å². The summed E-state index contributed by atoms with van der Waals surface area (Å²) >= 11 is 0. The van der Waals surface area contributed by atoms with Crippen LogP contribution in [0.15, 0.2) is 30.3 Å². The molecule has 0 aromatic heterocycles. The first-order valence-electron chi connectivity index (χ1n) is 2.99. The van der Waals surface area contributed by atoms with E-state index in [1.54, 1.807) is 6.07 Å². The lowest BCUT2D eigenvalue weighted by atomic mass is 10.3. The average Bonchev–Trinajstić information content (AvgIpc) is 2.06. The van der Waals surface area contributed by atoms with Crippen molar-refractivity contribution < 1.29 is 22.5 Å². The topological polar surface area (TPSA) is 35.5 Å². The van der Waals surface area contributed by atoms with E-state index in [1.165, 1.54) is 24.3 Å². The van der Waals surface area contributed by atoms with Crippen molar-refractivity contribution in [3.8, 4) is 5.75 Å². The van der Waals surface area contributed by atoms with Gasteiger partial charge in [0.05, 0.1) is 0 Å². The van der Waals surface area contributed by atoms with Crippen LogP contribution >= 0.6 is 7.91 Å². The zero-order valence-corrected chi connectivity index (χ0v) is 6.71. The maximum absolute atomic E-state index is 12.2. The van der Waals surface area contributed by atoms with Crippen molar-refractivity contribution in [2.45, 2.75) is 0 Å². The summed E-state index contributed by atoms with van der Waals surface area (Å²) in [5, 5.41) is 0. The van der Waals surface area contributed by atoms with Crippen LogP contribution in [0.3, 0.4) is 0 Å². The summed E-state index contributed by atoms with van der Waals surface area (Å²) in [6.45, 7) is 0. The molecule has 0 amide bonds. The second-order valence-corrected chi connectivity index (χ2v) is 3.09. The Labute approximate surface area is 67.5 Å². The van der Waals surface area contributed by atoms with Gasteiger partial charge in [-0.1, -0.05) is 22.9 Å². The highest BCUT2D eigenvalue weighted by molar-refractivity contribution is 7.48. The van der Waals surface area contributed by atoms with E-state index in [1.807, 2.05) is 0 Å².